The van der Waals surface area contributed by atoms with Crippen molar-refractivity contribution in [1.82, 2.24) is 19.9 Å². The van der Waals surface area contributed by atoms with Crippen molar-refractivity contribution in [2.75, 3.05) is 0 Å². The molecule has 0 aliphatic heterocycles. The van der Waals surface area contributed by atoms with Gasteiger partial charge >= 0.3 is 0 Å². The molecule has 0 radical (unpaired) electrons. The summed E-state index contributed by atoms with van der Waals surface area (Å²) in [7, 11) is 0. The molecule has 1 fully saturated rings. The van der Waals surface area contributed by atoms with Crippen LogP contribution >= 0.6 is 0 Å². The largest absolute Gasteiger partial charge is 0.392 e. The summed E-state index contributed by atoms with van der Waals surface area (Å²) in [6.45, 7) is 4.08. The Balaban J connectivity index is 1.85. The van der Waals surface area contributed by atoms with Crippen LogP contribution in [-0.4, -0.2) is 31.7 Å². The van der Waals surface area contributed by atoms with Crippen LogP contribution in [0, 0.1) is 11.8 Å². The van der Waals surface area contributed by atoms with Gasteiger partial charge in [0.2, 0.25) is 5.91 Å². The van der Waals surface area contributed by atoms with E-state index in [-0.39, 0.29) is 23.8 Å². The summed E-state index contributed by atoms with van der Waals surface area (Å²) >= 11 is 0. The average Bonchev–Trinajstić information content (AvgIpc) is 3.10. The first-order valence-electron chi connectivity index (χ1n) is 7.86. The van der Waals surface area contributed by atoms with Gasteiger partial charge in [-0.3, -0.25) is 9.20 Å². The van der Waals surface area contributed by atoms with Gasteiger partial charge in [0.25, 0.3) is 0 Å². The van der Waals surface area contributed by atoms with Gasteiger partial charge in [-0.15, -0.1) is 10.2 Å². The molecule has 3 unspecified atom stereocenters. The molecule has 3 rings (SSSR count). The summed E-state index contributed by atoms with van der Waals surface area (Å²) < 4.78 is 1.90. The molecule has 3 atom stereocenters. The zero-order valence-electron chi connectivity index (χ0n) is 12.9. The van der Waals surface area contributed by atoms with E-state index in [1.807, 2.05) is 42.6 Å². The van der Waals surface area contributed by atoms with Crippen molar-refractivity contribution in [3.63, 3.8) is 0 Å². The Kier molecular flexibility index (Phi) is 4.11. The monoisotopic (exact) mass is 302 g/mol. The lowest BCUT2D eigenvalue weighted by Crippen LogP contribution is -2.39. The Morgan fingerprint density at radius 2 is 2.18 bits per heavy atom. The SMILES string of the molecule is CC(C)C(NC(=O)C1CCCC1O)c1nnc2ccccn12. The van der Waals surface area contributed by atoms with Crippen LogP contribution in [0.2, 0.25) is 0 Å². The van der Waals surface area contributed by atoms with Crippen molar-refractivity contribution < 1.29 is 9.90 Å². The van der Waals surface area contributed by atoms with Gasteiger partial charge in [0, 0.05) is 6.20 Å². The summed E-state index contributed by atoms with van der Waals surface area (Å²) in [6.07, 6.45) is 3.73. The zero-order valence-corrected chi connectivity index (χ0v) is 12.9. The van der Waals surface area contributed by atoms with E-state index < -0.39 is 6.10 Å². The lowest BCUT2D eigenvalue weighted by atomic mass is 10.00. The van der Waals surface area contributed by atoms with Gasteiger partial charge in [0.1, 0.15) is 0 Å². The maximum absolute atomic E-state index is 12.5. The number of pyridine rings is 1. The number of aliphatic hydroxyl groups excluding tert-OH is 1. The summed E-state index contributed by atoms with van der Waals surface area (Å²) in [6, 6.07) is 5.49. The molecule has 1 aliphatic rings. The fourth-order valence-corrected chi connectivity index (χ4v) is 3.11. The molecule has 0 saturated heterocycles. The Hall–Kier alpha value is -1.95. The van der Waals surface area contributed by atoms with Gasteiger partial charge in [-0.05, 0) is 37.3 Å². The second-order valence-electron chi connectivity index (χ2n) is 6.32. The number of carbonyl (C=O) groups is 1. The normalized spacial score (nSPS) is 23.1. The van der Waals surface area contributed by atoms with Crippen molar-refractivity contribution in [3.05, 3.63) is 30.2 Å². The number of carbonyl (C=O) groups excluding carboxylic acids is 1. The molecular formula is C16H22N4O2. The third kappa shape index (κ3) is 2.70. The van der Waals surface area contributed by atoms with Gasteiger partial charge in [-0.1, -0.05) is 19.9 Å². The smallest absolute Gasteiger partial charge is 0.226 e. The summed E-state index contributed by atoms with van der Waals surface area (Å²) in [5.74, 6) is 0.512. The highest BCUT2D eigenvalue weighted by atomic mass is 16.3. The molecule has 2 heterocycles. The van der Waals surface area contributed by atoms with E-state index in [0.717, 1.165) is 24.3 Å². The first-order chi connectivity index (χ1) is 10.6. The Morgan fingerprint density at radius 3 is 2.86 bits per heavy atom. The molecule has 118 valence electrons. The average molecular weight is 302 g/mol. The van der Waals surface area contributed by atoms with Crippen LogP contribution in [0.3, 0.4) is 0 Å². The van der Waals surface area contributed by atoms with E-state index >= 15 is 0 Å². The van der Waals surface area contributed by atoms with E-state index in [4.69, 9.17) is 0 Å². The number of fused-ring (bicyclic) bond motifs is 1. The highest BCUT2D eigenvalue weighted by molar-refractivity contribution is 5.80. The van der Waals surface area contributed by atoms with Crippen molar-refractivity contribution >= 4 is 11.6 Å². The standard InChI is InChI=1S/C16H22N4O2/c1-10(2)14(17-16(22)11-6-5-7-12(11)21)15-19-18-13-8-3-4-9-20(13)15/h3-4,8-12,14,21H,5-7H2,1-2H3,(H,17,22). The first kappa shape index (κ1) is 15.0. The minimum absolute atomic E-state index is 0.0867. The van der Waals surface area contributed by atoms with Crippen LogP contribution in [0.15, 0.2) is 24.4 Å². The van der Waals surface area contributed by atoms with Crippen molar-refractivity contribution in [1.29, 1.82) is 0 Å². The van der Waals surface area contributed by atoms with Crippen molar-refractivity contribution in [2.24, 2.45) is 11.8 Å². The Labute approximate surface area is 129 Å². The molecule has 0 aromatic carbocycles. The molecule has 2 aromatic rings. The minimum Gasteiger partial charge on any atom is -0.392 e. The minimum atomic E-state index is -0.525. The number of nitrogens with one attached hydrogen (secondary N) is 1. The van der Waals surface area contributed by atoms with Crippen molar-refractivity contribution in [3.8, 4) is 0 Å². The second-order valence-corrected chi connectivity index (χ2v) is 6.32. The number of hydrogen-bond donors (Lipinski definition) is 2. The van der Waals surface area contributed by atoms with E-state index in [2.05, 4.69) is 15.5 Å². The van der Waals surface area contributed by atoms with Gasteiger partial charge in [0.05, 0.1) is 18.1 Å². The fraction of sp³-hybridized carbons (Fsp3) is 0.562. The molecule has 0 bridgehead atoms. The second kappa shape index (κ2) is 6.04. The van der Waals surface area contributed by atoms with Crippen molar-refractivity contribution in [2.45, 2.75) is 45.3 Å². The number of aliphatic hydroxyl groups is 1. The Morgan fingerprint density at radius 1 is 1.36 bits per heavy atom. The topological polar surface area (TPSA) is 79.5 Å². The molecule has 6 nitrogen and oxygen atoms in total. The number of rotatable bonds is 4. The van der Waals surface area contributed by atoms with Crippen LogP contribution in [0.1, 0.15) is 45.0 Å². The predicted molar refractivity (Wildman–Crippen MR) is 82.1 cm³/mol. The molecule has 6 heteroatoms. The zero-order chi connectivity index (χ0) is 15.7. The quantitative estimate of drug-likeness (QED) is 0.901. The number of amides is 1. The van der Waals surface area contributed by atoms with E-state index in [9.17, 15) is 9.90 Å². The van der Waals surface area contributed by atoms with E-state index in [1.54, 1.807) is 0 Å². The third-order valence-electron chi connectivity index (χ3n) is 4.40. The molecule has 0 spiro atoms. The molecule has 2 aromatic heterocycles. The molecule has 22 heavy (non-hydrogen) atoms. The van der Waals surface area contributed by atoms with Crippen LogP contribution in [0.4, 0.5) is 0 Å². The lowest BCUT2D eigenvalue weighted by Gasteiger charge is -2.23. The van der Waals surface area contributed by atoms with Gasteiger partial charge in [-0.25, -0.2) is 0 Å². The lowest BCUT2D eigenvalue weighted by molar-refractivity contribution is -0.128. The molecule has 1 aliphatic carbocycles. The summed E-state index contributed by atoms with van der Waals surface area (Å²) in [5.41, 5.74) is 0.762. The maximum Gasteiger partial charge on any atom is 0.226 e. The van der Waals surface area contributed by atoms with Crippen LogP contribution in [-0.2, 0) is 4.79 Å². The highest BCUT2D eigenvalue weighted by Crippen LogP contribution is 2.28. The first-order valence-corrected chi connectivity index (χ1v) is 7.86. The van der Waals surface area contributed by atoms with E-state index in [0.29, 0.717) is 6.42 Å². The molecule has 1 saturated carbocycles. The van der Waals surface area contributed by atoms with Gasteiger partial charge in [-0.2, -0.15) is 0 Å². The fourth-order valence-electron chi connectivity index (χ4n) is 3.11. The Bertz CT molecular complexity index is 667. The molecule has 2 N–H and O–H groups in total. The number of aromatic nitrogens is 3. The summed E-state index contributed by atoms with van der Waals surface area (Å²) in [5, 5.41) is 21.4. The van der Waals surface area contributed by atoms with Crippen LogP contribution in [0.5, 0.6) is 0 Å². The van der Waals surface area contributed by atoms with Crippen LogP contribution < -0.4 is 5.32 Å². The van der Waals surface area contributed by atoms with E-state index in [1.165, 1.54) is 0 Å². The number of nitrogens with zero attached hydrogens (tertiary/aromatic N) is 3. The predicted octanol–water partition coefficient (Wildman–Crippen LogP) is 1.70. The molecule has 1 amide bonds. The van der Waals surface area contributed by atoms with Gasteiger partial charge < -0.3 is 10.4 Å². The number of hydrogen-bond acceptors (Lipinski definition) is 4. The highest BCUT2D eigenvalue weighted by Gasteiger charge is 2.34. The van der Waals surface area contributed by atoms with Gasteiger partial charge in [0.15, 0.2) is 11.5 Å². The molecular weight excluding hydrogens is 280 g/mol. The third-order valence-corrected chi connectivity index (χ3v) is 4.40. The van der Waals surface area contributed by atoms with Crippen LogP contribution in [0.25, 0.3) is 5.65 Å². The maximum atomic E-state index is 12.5. The summed E-state index contributed by atoms with van der Waals surface area (Å²) in [4.78, 5) is 12.5.